The molecule has 1 unspecified atom stereocenters. The number of H-pyrrole nitrogens is 1. The van der Waals surface area contributed by atoms with Crippen LogP contribution in [0.15, 0.2) is 58.4 Å². The molecule has 27 heavy (non-hydrogen) atoms. The minimum Gasteiger partial charge on any atom is -0.454 e. The van der Waals surface area contributed by atoms with Gasteiger partial charge in [-0.25, -0.2) is 13.1 Å². The largest absolute Gasteiger partial charge is 0.454 e. The van der Waals surface area contributed by atoms with Gasteiger partial charge in [-0.15, -0.1) is 0 Å². The summed E-state index contributed by atoms with van der Waals surface area (Å²) in [5, 5.41) is 0. The summed E-state index contributed by atoms with van der Waals surface area (Å²) in [4.78, 5) is 14.7. The Kier molecular flexibility index (Phi) is 3.38. The van der Waals surface area contributed by atoms with Crippen molar-refractivity contribution in [1.29, 1.82) is 0 Å². The molecule has 1 atom stereocenters. The molecular weight excluding hydrogens is 374 g/mol. The third-order valence-electron chi connectivity index (χ3n) is 4.85. The van der Waals surface area contributed by atoms with Crippen LogP contribution < -0.4 is 10.3 Å². The van der Waals surface area contributed by atoms with Gasteiger partial charge in [0, 0.05) is 40.9 Å². The highest BCUT2D eigenvalue weighted by Crippen LogP contribution is 2.50. The molecule has 3 heterocycles. The zero-order valence-electron chi connectivity index (χ0n) is 13.9. The maximum absolute atomic E-state index is 14.1. The summed E-state index contributed by atoms with van der Waals surface area (Å²) in [5.41, 5.74) is 1.84. The molecule has 2 aliphatic rings. The van der Waals surface area contributed by atoms with E-state index in [1.54, 1.807) is 18.2 Å². The van der Waals surface area contributed by atoms with Gasteiger partial charge >= 0.3 is 0 Å². The van der Waals surface area contributed by atoms with Crippen LogP contribution in [0.2, 0.25) is 0 Å². The lowest BCUT2D eigenvalue weighted by Gasteiger charge is -2.15. The molecule has 0 spiro atoms. The Bertz CT molecular complexity index is 1190. The molecule has 1 fully saturated rings. The first-order valence-corrected chi connectivity index (χ1v) is 10.1. The Morgan fingerprint density at radius 3 is 2.67 bits per heavy atom. The standard InChI is InChI=1S/C19H14F2N2O3S/c20-13-2-3-16(15(21)6-13)26-17-5-12-9-23-10-27(23,25)18(12)7-14(17)11-1-4-19(24)22-8-11/h1-8,27H,9-10H2,(H,22,24). The third kappa shape index (κ3) is 2.60. The van der Waals surface area contributed by atoms with Crippen molar-refractivity contribution in [2.24, 2.45) is 0 Å². The Balaban J connectivity index is 1.66. The molecular formula is C19H14F2N2O3S. The fourth-order valence-electron chi connectivity index (χ4n) is 3.41. The van der Waals surface area contributed by atoms with Gasteiger partial charge in [-0.05, 0) is 46.0 Å². The molecule has 0 aliphatic carbocycles. The molecule has 2 aliphatic heterocycles. The average Bonchev–Trinajstić information content (AvgIpc) is 3.21. The number of aromatic amines is 1. The van der Waals surface area contributed by atoms with E-state index in [0.29, 0.717) is 29.3 Å². The summed E-state index contributed by atoms with van der Waals surface area (Å²) in [5.74, 6) is -0.709. The van der Waals surface area contributed by atoms with Gasteiger partial charge in [0.05, 0.1) is 5.88 Å². The second kappa shape index (κ2) is 5.58. The molecule has 1 aromatic heterocycles. The van der Waals surface area contributed by atoms with E-state index in [2.05, 4.69) is 4.98 Å². The van der Waals surface area contributed by atoms with Crippen molar-refractivity contribution in [2.75, 3.05) is 5.88 Å². The molecule has 138 valence electrons. The van der Waals surface area contributed by atoms with Crippen LogP contribution >= 0.6 is 0 Å². The molecule has 3 aromatic rings. The number of pyridine rings is 1. The molecule has 5 rings (SSSR count). The van der Waals surface area contributed by atoms with Crippen LogP contribution in [-0.2, 0) is 16.7 Å². The number of aromatic nitrogens is 1. The SMILES string of the molecule is O=c1ccc(-c2cc3c(cc2Oc2ccc(F)cc2F)CN2C[SH]32=O)c[nH]1. The molecule has 5 nitrogen and oxygen atoms in total. The number of fused-ring (bicyclic) bond motifs is 3. The van der Waals surface area contributed by atoms with E-state index < -0.39 is 21.8 Å². The van der Waals surface area contributed by atoms with Crippen LogP contribution in [0.3, 0.4) is 0 Å². The van der Waals surface area contributed by atoms with E-state index in [1.165, 1.54) is 18.3 Å². The van der Waals surface area contributed by atoms with E-state index >= 15 is 0 Å². The molecule has 0 radical (unpaired) electrons. The van der Waals surface area contributed by atoms with E-state index in [0.717, 1.165) is 22.6 Å². The van der Waals surface area contributed by atoms with Gasteiger partial charge in [0.2, 0.25) is 5.56 Å². The van der Waals surface area contributed by atoms with E-state index in [-0.39, 0.29) is 11.3 Å². The predicted octanol–water partition coefficient (Wildman–Crippen LogP) is 3.19. The molecule has 0 bridgehead atoms. The number of hydrogen-bond donors (Lipinski definition) is 2. The first kappa shape index (κ1) is 16.3. The number of nitrogens with zero attached hydrogens (tertiary/aromatic N) is 1. The van der Waals surface area contributed by atoms with Gasteiger partial charge in [-0.3, -0.25) is 9.00 Å². The van der Waals surface area contributed by atoms with Crippen LogP contribution in [0.25, 0.3) is 11.1 Å². The van der Waals surface area contributed by atoms with Gasteiger partial charge in [0.1, 0.15) is 11.6 Å². The number of nitrogens with one attached hydrogen (secondary N) is 1. The van der Waals surface area contributed by atoms with Crippen molar-refractivity contribution < 1.29 is 17.7 Å². The highest BCUT2D eigenvalue weighted by Gasteiger charge is 2.49. The average molecular weight is 388 g/mol. The molecule has 0 amide bonds. The minimum absolute atomic E-state index is 0.114. The lowest BCUT2D eigenvalue weighted by Crippen LogP contribution is -2.03. The van der Waals surface area contributed by atoms with Gasteiger partial charge in [-0.1, -0.05) is 0 Å². The summed E-state index contributed by atoms with van der Waals surface area (Å²) < 4.78 is 47.7. The first-order chi connectivity index (χ1) is 12.9. The Morgan fingerprint density at radius 2 is 1.93 bits per heavy atom. The zero-order valence-corrected chi connectivity index (χ0v) is 14.8. The van der Waals surface area contributed by atoms with Crippen LogP contribution in [0, 0.1) is 11.6 Å². The number of halogens is 2. The highest BCUT2D eigenvalue weighted by molar-refractivity contribution is 8.06. The summed E-state index contributed by atoms with van der Waals surface area (Å²) in [6.45, 7) is 0.556. The maximum atomic E-state index is 14.1. The summed E-state index contributed by atoms with van der Waals surface area (Å²) in [6, 6.07) is 9.60. The van der Waals surface area contributed by atoms with Gasteiger partial charge in [-0.2, -0.15) is 0 Å². The van der Waals surface area contributed by atoms with Gasteiger partial charge in [0.25, 0.3) is 0 Å². The summed E-state index contributed by atoms with van der Waals surface area (Å²) in [6.07, 6.45) is 1.52. The highest BCUT2D eigenvalue weighted by atomic mass is 32.3. The monoisotopic (exact) mass is 388 g/mol. The van der Waals surface area contributed by atoms with Crippen molar-refractivity contribution in [3.8, 4) is 22.6 Å². The second-order valence-electron chi connectivity index (χ2n) is 6.60. The molecule has 1 saturated heterocycles. The van der Waals surface area contributed by atoms with Crippen LogP contribution in [-0.4, -0.2) is 19.4 Å². The van der Waals surface area contributed by atoms with Crippen molar-refractivity contribution in [2.45, 2.75) is 11.4 Å². The lowest BCUT2D eigenvalue weighted by molar-refractivity contribution is 0.438. The number of benzene rings is 2. The Hall–Kier alpha value is -2.84. The van der Waals surface area contributed by atoms with E-state index in [1.807, 2.05) is 4.31 Å². The minimum atomic E-state index is -2.46. The normalized spacial score (nSPS) is 19.9. The van der Waals surface area contributed by atoms with E-state index in [4.69, 9.17) is 4.74 Å². The number of thiol groups is 1. The molecule has 8 heteroatoms. The molecule has 0 saturated carbocycles. The van der Waals surface area contributed by atoms with Crippen LogP contribution in [0.5, 0.6) is 11.5 Å². The maximum Gasteiger partial charge on any atom is 0.247 e. The smallest absolute Gasteiger partial charge is 0.247 e. The molecule has 2 aromatic carbocycles. The van der Waals surface area contributed by atoms with Crippen molar-refractivity contribution in [3.05, 3.63) is 76.2 Å². The van der Waals surface area contributed by atoms with Crippen molar-refractivity contribution in [1.82, 2.24) is 9.29 Å². The van der Waals surface area contributed by atoms with Gasteiger partial charge < -0.3 is 9.72 Å². The lowest BCUT2D eigenvalue weighted by atomic mass is 10.0. The summed E-state index contributed by atoms with van der Waals surface area (Å²) in [7, 11) is -2.46. The van der Waals surface area contributed by atoms with Crippen molar-refractivity contribution in [3.63, 3.8) is 0 Å². The number of rotatable bonds is 3. The second-order valence-corrected chi connectivity index (χ2v) is 9.34. The fraction of sp³-hybridized carbons (Fsp3) is 0.105. The van der Waals surface area contributed by atoms with E-state index in [9.17, 15) is 17.8 Å². The summed E-state index contributed by atoms with van der Waals surface area (Å²) >= 11 is 0. The topological polar surface area (TPSA) is 62.2 Å². The molecule has 1 N–H and O–H groups in total. The predicted molar refractivity (Wildman–Crippen MR) is 97.1 cm³/mol. The van der Waals surface area contributed by atoms with Crippen LogP contribution in [0.4, 0.5) is 8.78 Å². The van der Waals surface area contributed by atoms with Gasteiger partial charge in [0.15, 0.2) is 11.6 Å². The van der Waals surface area contributed by atoms with Crippen LogP contribution in [0.1, 0.15) is 5.56 Å². The third-order valence-corrected chi connectivity index (χ3v) is 7.61. The zero-order chi connectivity index (χ0) is 18.8. The quantitative estimate of drug-likeness (QED) is 0.535. The number of hydrogen-bond acceptors (Lipinski definition) is 3. The Morgan fingerprint density at radius 1 is 1.07 bits per heavy atom. The Labute approximate surface area is 153 Å². The number of ether oxygens (including phenoxy) is 1. The fourth-order valence-corrected chi connectivity index (χ4v) is 5.99. The first-order valence-electron chi connectivity index (χ1n) is 8.28. The van der Waals surface area contributed by atoms with Crippen molar-refractivity contribution >= 4 is 10.1 Å².